The van der Waals surface area contributed by atoms with Crippen molar-refractivity contribution in [1.82, 2.24) is 10.2 Å². The van der Waals surface area contributed by atoms with E-state index in [2.05, 4.69) is 5.32 Å². The number of hydrogen-bond donors (Lipinski definition) is 1. The molecule has 0 spiro atoms. The number of amides is 2. The number of hydrogen-bond acceptors (Lipinski definition) is 4. The number of anilines is 1. The Labute approximate surface area is 232 Å². The summed E-state index contributed by atoms with van der Waals surface area (Å²) in [4.78, 5) is 28.9. The Bertz CT molecular complexity index is 1340. The molecule has 0 aliphatic carbocycles. The van der Waals surface area contributed by atoms with Gasteiger partial charge in [0, 0.05) is 13.1 Å². The molecule has 3 rings (SSSR count). The second-order valence-electron chi connectivity index (χ2n) is 9.69. The predicted molar refractivity (Wildman–Crippen MR) is 156 cm³/mol. The molecule has 0 aliphatic rings. The van der Waals surface area contributed by atoms with Gasteiger partial charge in [0.1, 0.15) is 12.6 Å². The molecule has 0 radical (unpaired) electrons. The molecule has 0 heterocycles. The first kappa shape index (κ1) is 29.9. The number of aryl methyl sites for hydroxylation is 2. The molecule has 39 heavy (non-hydrogen) atoms. The van der Waals surface area contributed by atoms with E-state index in [1.807, 2.05) is 64.1 Å². The third-order valence-electron chi connectivity index (χ3n) is 6.68. The van der Waals surface area contributed by atoms with Gasteiger partial charge in [0.25, 0.3) is 10.0 Å². The van der Waals surface area contributed by atoms with Crippen molar-refractivity contribution in [3.63, 3.8) is 0 Å². The summed E-state index contributed by atoms with van der Waals surface area (Å²) in [6.07, 6.45) is 2.17. The molecule has 2 amide bonds. The number of nitrogens with one attached hydrogen (secondary N) is 1. The van der Waals surface area contributed by atoms with E-state index in [-0.39, 0.29) is 17.3 Å². The smallest absolute Gasteiger partial charge is 0.264 e. The average Bonchev–Trinajstić information content (AvgIpc) is 2.93. The van der Waals surface area contributed by atoms with Crippen molar-refractivity contribution in [2.24, 2.45) is 0 Å². The van der Waals surface area contributed by atoms with E-state index in [0.717, 1.165) is 33.8 Å². The summed E-state index contributed by atoms with van der Waals surface area (Å²) in [5.41, 5.74) is 3.09. The fraction of sp³-hybridized carbons (Fsp3) is 0.355. The zero-order chi connectivity index (χ0) is 28.4. The molecule has 0 fully saturated rings. The Balaban J connectivity index is 2.03. The van der Waals surface area contributed by atoms with Crippen LogP contribution in [0.15, 0.2) is 83.8 Å². The molecule has 7 nitrogen and oxygen atoms in total. The SMILES string of the molecule is CCCCNC(=O)[C@H](CC)N(Cc1ccc(C)cc1)C(=O)CN(c1ccccc1C)S(=O)(=O)c1ccccc1. The highest BCUT2D eigenvalue weighted by Gasteiger charge is 2.34. The molecule has 3 aromatic rings. The highest BCUT2D eigenvalue weighted by atomic mass is 32.2. The summed E-state index contributed by atoms with van der Waals surface area (Å²) < 4.78 is 28.9. The lowest BCUT2D eigenvalue weighted by molar-refractivity contribution is -0.140. The Morgan fingerprint density at radius 2 is 1.51 bits per heavy atom. The van der Waals surface area contributed by atoms with E-state index < -0.39 is 28.5 Å². The summed E-state index contributed by atoms with van der Waals surface area (Å²) in [5, 5.41) is 2.95. The first-order chi connectivity index (χ1) is 18.7. The zero-order valence-electron chi connectivity index (χ0n) is 23.3. The Kier molecular flexibility index (Phi) is 10.7. The van der Waals surface area contributed by atoms with Gasteiger partial charge in [-0.25, -0.2) is 8.42 Å². The first-order valence-corrected chi connectivity index (χ1v) is 14.9. The highest BCUT2D eigenvalue weighted by molar-refractivity contribution is 7.92. The van der Waals surface area contributed by atoms with Crippen LogP contribution >= 0.6 is 0 Å². The number of rotatable bonds is 13. The van der Waals surface area contributed by atoms with Crippen LogP contribution in [-0.2, 0) is 26.2 Å². The molecule has 0 unspecified atom stereocenters. The third kappa shape index (κ3) is 7.69. The summed E-state index contributed by atoms with van der Waals surface area (Å²) >= 11 is 0. The van der Waals surface area contributed by atoms with Crippen LogP contribution in [0.25, 0.3) is 0 Å². The van der Waals surface area contributed by atoms with Gasteiger partial charge in [-0.1, -0.05) is 86.5 Å². The van der Waals surface area contributed by atoms with Gasteiger partial charge < -0.3 is 10.2 Å². The van der Waals surface area contributed by atoms with Crippen molar-refractivity contribution in [2.75, 3.05) is 17.4 Å². The minimum absolute atomic E-state index is 0.0930. The molecular weight excluding hydrogens is 510 g/mol. The third-order valence-corrected chi connectivity index (χ3v) is 8.46. The van der Waals surface area contributed by atoms with Crippen molar-refractivity contribution >= 4 is 27.5 Å². The highest BCUT2D eigenvalue weighted by Crippen LogP contribution is 2.27. The molecule has 8 heteroatoms. The maximum absolute atomic E-state index is 14.1. The molecule has 0 aliphatic heterocycles. The van der Waals surface area contributed by atoms with Gasteiger partial charge in [-0.3, -0.25) is 13.9 Å². The summed E-state index contributed by atoms with van der Waals surface area (Å²) in [7, 11) is -4.07. The van der Waals surface area contributed by atoms with Gasteiger partial charge in [-0.2, -0.15) is 0 Å². The second kappa shape index (κ2) is 13.9. The van der Waals surface area contributed by atoms with Gasteiger partial charge in [-0.05, 0) is 56.0 Å². The van der Waals surface area contributed by atoms with Crippen molar-refractivity contribution < 1.29 is 18.0 Å². The number of carbonyl (C=O) groups excluding carboxylic acids is 2. The minimum atomic E-state index is -4.07. The second-order valence-corrected chi connectivity index (χ2v) is 11.5. The van der Waals surface area contributed by atoms with E-state index in [4.69, 9.17) is 0 Å². The van der Waals surface area contributed by atoms with Crippen LogP contribution in [0.2, 0.25) is 0 Å². The molecule has 208 valence electrons. The molecule has 0 bridgehead atoms. The van der Waals surface area contributed by atoms with E-state index in [1.54, 1.807) is 30.3 Å². The normalized spacial score (nSPS) is 12.0. The Morgan fingerprint density at radius 3 is 2.13 bits per heavy atom. The zero-order valence-corrected chi connectivity index (χ0v) is 24.1. The van der Waals surface area contributed by atoms with E-state index in [9.17, 15) is 18.0 Å². The average molecular weight is 550 g/mol. The molecule has 0 aromatic heterocycles. The lowest BCUT2D eigenvalue weighted by atomic mass is 10.1. The minimum Gasteiger partial charge on any atom is -0.354 e. The maximum atomic E-state index is 14.1. The van der Waals surface area contributed by atoms with Crippen LogP contribution in [0.5, 0.6) is 0 Å². The predicted octanol–water partition coefficient (Wildman–Crippen LogP) is 5.22. The molecule has 1 atom stereocenters. The van der Waals surface area contributed by atoms with Crippen LogP contribution in [0.1, 0.15) is 49.8 Å². The summed E-state index contributed by atoms with van der Waals surface area (Å²) in [6.45, 7) is 7.97. The number of carbonyl (C=O) groups is 2. The van der Waals surface area contributed by atoms with E-state index in [0.29, 0.717) is 18.7 Å². The molecule has 0 saturated carbocycles. The summed E-state index contributed by atoms with van der Waals surface area (Å²) in [5.74, 6) is -0.685. The van der Waals surface area contributed by atoms with Crippen molar-refractivity contribution in [2.45, 2.75) is 64.4 Å². The van der Waals surface area contributed by atoms with Crippen LogP contribution in [0.3, 0.4) is 0 Å². The van der Waals surface area contributed by atoms with Gasteiger partial charge in [-0.15, -0.1) is 0 Å². The number of unbranched alkanes of at least 4 members (excludes halogenated alkanes) is 1. The van der Waals surface area contributed by atoms with Gasteiger partial charge in [0.15, 0.2) is 0 Å². The quantitative estimate of drug-likeness (QED) is 0.296. The molecule has 3 aromatic carbocycles. The standard InChI is InChI=1S/C31H39N3O4S/c1-5-7-21-32-31(36)28(6-2)33(22-26-19-17-24(3)18-20-26)30(35)23-34(29-16-12-11-13-25(29)4)39(37,38)27-14-9-8-10-15-27/h8-20,28H,5-7,21-23H2,1-4H3,(H,32,36)/t28-/m0/s1. The number of benzene rings is 3. The molecule has 1 N–H and O–H groups in total. The van der Waals surface area contributed by atoms with E-state index >= 15 is 0 Å². The fourth-order valence-electron chi connectivity index (χ4n) is 4.39. The fourth-order valence-corrected chi connectivity index (χ4v) is 5.89. The van der Waals surface area contributed by atoms with Crippen LogP contribution in [0, 0.1) is 13.8 Å². The first-order valence-electron chi connectivity index (χ1n) is 13.4. The number of sulfonamides is 1. The Morgan fingerprint density at radius 1 is 0.872 bits per heavy atom. The van der Waals surface area contributed by atoms with Crippen LogP contribution in [0.4, 0.5) is 5.69 Å². The van der Waals surface area contributed by atoms with Gasteiger partial charge in [0.2, 0.25) is 11.8 Å². The van der Waals surface area contributed by atoms with Gasteiger partial charge in [0.05, 0.1) is 10.6 Å². The van der Waals surface area contributed by atoms with Crippen LogP contribution in [-0.4, -0.2) is 44.3 Å². The lowest BCUT2D eigenvalue weighted by Gasteiger charge is -2.33. The Hall–Kier alpha value is -3.65. The van der Waals surface area contributed by atoms with Crippen molar-refractivity contribution in [3.05, 3.63) is 95.6 Å². The number of nitrogens with zero attached hydrogens (tertiary/aromatic N) is 2. The van der Waals surface area contributed by atoms with Crippen molar-refractivity contribution in [3.8, 4) is 0 Å². The monoisotopic (exact) mass is 549 g/mol. The summed E-state index contributed by atoms with van der Waals surface area (Å²) in [6, 6.07) is 22.2. The van der Waals surface area contributed by atoms with Crippen LogP contribution < -0.4 is 9.62 Å². The molecule has 0 saturated heterocycles. The lowest BCUT2D eigenvalue weighted by Crippen LogP contribution is -2.52. The van der Waals surface area contributed by atoms with Gasteiger partial charge >= 0.3 is 0 Å². The van der Waals surface area contributed by atoms with Crippen molar-refractivity contribution in [1.29, 1.82) is 0 Å². The number of para-hydroxylation sites is 1. The molecular formula is C31H39N3O4S. The topological polar surface area (TPSA) is 86.8 Å². The largest absolute Gasteiger partial charge is 0.354 e. The van der Waals surface area contributed by atoms with E-state index in [1.165, 1.54) is 17.0 Å². The maximum Gasteiger partial charge on any atom is 0.264 e.